The second kappa shape index (κ2) is 8.32. The first-order chi connectivity index (χ1) is 15.1. The quantitative estimate of drug-likeness (QED) is 0.611. The molecule has 0 aliphatic carbocycles. The number of benzene rings is 1. The van der Waals surface area contributed by atoms with E-state index >= 15 is 0 Å². The maximum Gasteiger partial charge on any atom is 0.453 e. The average molecular weight is 454 g/mol. The molecule has 2 aromatic heterocycles. The van der Waals surface area contributed by atoms with Gasteiger partial charge in [0, 0.05) is 24.6 Å². The standard InChI is InChI=1S/C20H19F5N6O/c1-11(14-10-13(21)2-3-15(14)22)26-18(32)12-6-8-30(9-7-12)17-5-4-16-27-28-19(20(23,24)25)31(16)29-17/h2-5,10-12H,6-9H2,1H3,(H,26,32). The van der Waals surface area contributed by atoms with Crippen molar-refractivity contribution in [1.29, 1.82) is 0 Å². The summed E-state index contributed by atoms with van der Waals surface area (Å²) in [6, 6.07) is 5.31. The highest BCUT2D eigenvalue weighted by molar-refractivity contribution is 5.79. The monoisotopic (exact) mass is 454 g/mol. The molecule has 1 amide bonds. The molecule has 1 atom stereocenters. The van der Waals surface area contributed by atoms with Gasteiger partial charge in [0.05, 0.1) is 6.04 Å². The number of anilines is 1. The first-order valence-corrected chi connectivity index (χ1v) is 9.93. The first-order valence-electron chi connectivity index (χ1n) is 9.93. The number of rotatable bonds is 4. The van der Waals surface area contributed by atoms with Crippen molar-refractivity contribution >= 4 is 17.4 Å². The maximum atomic E-state index is 13.9. The minimum Gasteiger partial charge on any atom is -0.355 e. The molecule has 1 saturated heterocycles. The molecule has 7 nitrogen and oxygen atoms in total. The van der Waals surface area contributed by atoms with Gasteiger partial charge in [0.1, 0.15) is 17.5 Å². The fourth-order valence-corrected chi connectivity index (χ4v) is 3.75. The van der Waals surface area contributed by atoms with Crippen molar-refractivity contribution in [3.8, 4) is 0 Å². The van der Waals surface area contributed by atoms with E-state index in [0.29, 0.717) is 36.3 Å². The Balaban J connectivity index is 1.40. The lowest BCUT2D eigenvalue weighted by atomic mass is 9.95. The number of alkyl halides is 3. The van der Waals surface area contributed by atoms with Gasteiger partial charge >= 0.3 is 6.18 Å². The molecular weight excluding hydrogens is 435 g/mol. The fraction of sp³-hybridized carbons (Fsp3) is 0.400. The number of carbonyl (C=O) groups is 1. The molecule has 12 heteroatoms. The zero-order valence-corrected chi connectivity index (χ0v) is 16.9. The summed E-state index contributed by atoms with van der Waals surface area (Å²) in [6.45, 7) is 2.35. The Morgan fingerprint density at radius 3 is 2.53 bits per heavy atom. The average Bonchev–Trinajstić information content (AvgIpc) is 3.19. The molecule has 170 valence electrons. The smallest absolute Gasteiger partial charge is 0.355 e. The van der Waals surface area contributed by atoms with Crippen LogP contribution in [0.1, 0.15) is 37.2 Å². The SMILES string of the molecule is CC(NC(=O)C1CCN(c2ccc3nnc(C(F)(F)F)n3n2)CC1)c1cc(F)ccc1F. The zero-order valence-electron chi connectivity index (χ0n) is 16.9. The third-order valence-electron chi connectivity index (χ3n) is 5.48. The van der Waals surface area contributed by atoms with Crippen LogP contribution in [0, 0.1) is 17.6 Å². The van der Waals surface area contributed by atoms with Crippen LogP contribution in [0.2, 0.25) is 0 Å². The van der Waals surface area contributed by atoms with Crippen molar-refractivity contribution < 1.29 is 26.7 Å². The summed E-state index contributed by atoms with van der Waals surface area (Å²) < 4.78 is 67.2. The minimum atomic E-state index is -4.69. The van der Waals surface area contributed by atoms with Gasteiger partial charge in [-0.05, 0) is 50.1 Å². The van der Waals surface area contributed by atoms with Crippen molar-refractivity contribution in [2.75, 3.05) is 18.0 Å². The molecule has 1 fully saturated rings. The highest BCUT2D eigenvalue weighted by Crippen LogP contribution is 2.29. The number of hydrogen-bond donors (Lipinski definition) is 1. The summed E-state index contributed by atoms with van der Waals surface area (Å²) in [5.41, 5.74) is 0.0385. The lowest BCUT2D eigenvalue weighted by molar-refractivity contribution is -0.146. The van der Waals surface area contributed by atoms with Gasteiger partial charge in [-0.25, -0.2) is 8.78 Å². The summed E-state index contributed by atoms with van der Waals surface area (Å²) in [5.74, 6) is -2.75. The zero-order chi connectivity index (χ0) is 23.0. The minimum absolute atomic E-state index is 0.0195. The van der Waals surface area contributed by atoms with E-state index in [1.807, 2.05) is 0 Å². The van der Waals surface area contributed by atoms with E-state index in [2.05, 4.69) is 20.6 Å². The second-order valence-corrected chi connectivity index (χ2v) is 7.64. The maximum absolute atomic E-state index is 13.9. The Labute approximate surface area is 179 Å². The van der Waals surface area contributed by atoms with E-state index in [4.69, 9.17) is 0 Å². The number of halogens is 5. The Bertz CT molecular complexity index is 1140. The van der Waals surface area contributed by atoms with Gasteiger partial charge in [-0.1, -0.05) is 0 Å². The van der Waals surface area contributed by atoms with Crippen molar-refractivity contribution in [3.63, 3.8) is 0 Å². The fourth-order valence-electron chi connectivity index (χ4n) is 3.75. The lowest BCUT2D eigenvalue weighted by Crippen LogP contribution is -2.41. The Morgan fingerprint density at radius 1 is 1.12 bits per heavy atom. The van der Waals surface area contributed by atoms with E-state index in [9.17, 15) is 26.7 Å². The number of nitrogens with zero attached hydrogens (tertiary/aromatic N) is 5. The number of carbonyl (C=O) groups excluding carboxylic acids is 1. The number of nitrogens with one attached hydrogen (secondary N) is 1. The van der Waals surface area contributed by atoms with E-state index in [0.717, 1.165) is 18.2 Å². The summed E-state index contributed by atoms with van der Waals surface area (Å²) in [5, 5.41) is 13.4. The normalized spacial score (nSPS) is 16.4. The predicted molar refractivity (Wildman–Crippen MR) is 104 cm³/mol. The first kappa shape index (κ1) is 21.9. The molecule has 1 unspecified atom stereocenters. The van der Waals surface area contributed by atoms with Gasteiger partial charge in [0.25, 0.3) is 5.82 Å². The molecule has 0 saturated carbocycles. The molecular formula is C20H19F5N6O. The van der Waals surface area contributed by atoms with Crippen molar-refractivity contribution in [3.05, 3.63) is 53.4 Å². The van der Waals surface area contributed by atoms with Gasteiger partial charge in [0.15, 0.2) is 5.65 Å². The predicted octanol–water partition coefficient (Wildman–Crippen LogP) is 3.52. The number of aromatic nitrogens is 4. The van der Waals surface area contributed by atoms with E-state index in [-0.39, 0.29) is 23.0 Å². The van der Waals surface area contributed by atoms with Crippen LogP contribution in [0.25, 0.3) is 5.65 Å². The van der Waals surface area contributed by atoms with Crippen LogP contribution in [-0.4, -0.2) is 38.8 Å². The number of amides is 1. The Kier molecular flexibility index (Phi) is 5.70. The van der Waals surface area contributed by atoms with Crippen LogP contribution in [-0.2, 0) is 11.0 Å². The van der Waals surface area contributed by atoms with Crippen LogP contribution in [0.4, 0.5) is 27.8 Å². The molecule has 0 radical (unpaired) electrons. The molecule has 0 bridgehead atoms. The Hall–Kier alpha value is -3.31. The second-order valence-electron chi connectivity index (χ2n) is 7.64. The van der Waals surface area contributed by atoms with Crippen LogP contribution < -0.4 is 10.2 Å². The highest BCUT2D eigenvalue weighted by atomic mass is 19.4. The van der Waals surface area contributed by atoms with E-state index < -0.39 is 29.7 Å². The Morgan fingerprint density at radius 2 is 1.84 bits per heavy atom. The molecule has 1 aromatic carbocycles. The summed E-state index contributed by atoms with van der Waals surface area (Å²) in [7, 11) is 0. The van der Waals surface area contributed by atoms with Gasteiger partial charge in [-0.3, -0.25) is 4.79 Å². The molecule has 1 aliphatic rings. The van der Waals surface area contributed by atoms with Gasteiger partial charge in [-0.15, -0.1) is 15.3 Å². The largest absolute Gasteiger partial charge is 0.453 e. The summed E-state index contributed by atoms with van der Waals surface area (Å²) >= 11 is 0. The van der Waals surface area contributed by atoms with Gasteiger partial charge in [0.2, 0.25) is 5.91 Å². The van der Waals surface area contributed by atoms with Crippen LogP contribution in [0.3, 0.4) is 0 Å². The molecule has 3 heterocycles. The number of hydrogen-bond acceptors (Lipinski definition) is 5. The number of piperidine rings is 1. The van der Waals surface area contributed by atoms with Crippen molar-refractivity contribution in [2.45, 2.75) is 32.0 Å². The molecule has 3 aromatic rings. The third-order valence-corrected chi connectivity index (χ3v) is 5.48. The van der Waals surface area contributed by atoms with Crippen LogP contribution in [0.15, 0.2) is 30.3 Å². The summed E-state index contributed by atoms with van der Waals surface area (Å²) in [6.07, 6.45) is -3.83. The number of fused-ring (bicyclic) bond motifs is 1. The van der Waals surface area contributed by atoms with Gasteiger partial charge in [-0.2, -0.15) is 17.7 Å². The van der Waals surface area contributed by atoms with Crippen LogP contribution in [0.5, 0.6) is 0 Å². The lowest BCUT2D eigenvalue weighted by Gasteiger charge is -2.32. The third kappa shape index (κ3) is 4.34. The van der Waals surface area contributed by atoms with E-state index in [1.165, 1.54) is 6.07 Å². The summed E-state index contributed by atoms with van der Waals surface area (Å²) in [4.78, 5) is 14.4. The van der Waals surface area contributed by atoms with E-state index in [1.54, 1.807) is 17.9 Å². The van der Waals surface area contributed by atoms with Crippen molar-refractivity contribution in [1.82, 2.24) is 25.1 Å². The molecule has 1 N–H and O–H groups in total. The van der Waals surface area contributed by atoms with Crippen molar-refractivity contribution in [2.24, 2.45) is 5.92 Å². The topological polar surface area (TPSA) is 75.4 Å². The molecule has 0 spiro atoms. The molecule has 1 aliphatic heterocycles. The van der Waals surface area contributed by atoms with Crippen LogP contribution >= 0.6 is 0 Å². The van der Waals surface area contributed by atoms with Gasteiger partial charge < -0.3 is 10.2 Å². The molecule has 32 heavy (non-hydrogen) atoms. The highest BCUT2D eigenvalue weighted by Gasteiger charge is 2.38. The molecule has 4 rings (SSSR count).